The lowest BCUT2D eigenvalue weighted by Gasteiger charge is -2.27. The van der Waals surface area contributed by atoms with E-state index in [9.17, 15) is 9.59 Å². The second-order valence-corrected chi connectivity index (χ2v) is 7.41. The van der Waals surface area contributed by atoms with Crippen LogP contribution >= 0.6 is 11.8 Å². The largest absolute Gasteiger partial charge is 0.494 e. The molecule has 2 rings (SSSR count). The van der Waals surface area contributed by atoms with Crippen LogP contribution in [0, 0.1) is 0 Å². The van der Waals surface area contributed by atoms with Gasteiger partial charge in [0.25, 0.3) is 0 Å². The molecule has 7 heteroatoms. The van der Waals surface area contributed by atoms with Crippen LogP contribution < -0.4 is 10.1 Å². The zero-order chi connectivity index (χ0) is 17.7. The molecule has 6 nitrogen and oxygen atoms in total. The van der Waals surface area contributed by atoms with Crippen LogP contribution in [0.3, 0.4) is 0 Å². The Kier molecular flexibility index (Phi) is 5.99. The topological polar surface area (TPSA) is 67.9 Å². The van der Waals surface area contributed by atoms with Crippen molar-refractivity contribution in [3.63, 3.8) is 0 Å². The molecule has 0 aliphatic carbocycles. The van der Waals surface area contributed by atoms with Crippen LogP contribution in [-0.4, -0.2) is 46.8 Å². The molecule has 0 aromatic heterocycles. The summed E-state index contributed by atoms with van der Waals surface area (Å²) in [5, 5.41) is 2.84. The molecule has 0 saturated carbocycles. The number of hydrogen-bond acceptors (Lipinski definition) is 5. The average Bonchev–Trinajstić information content (AvgIpc) is 2.97. The Morgan fingerprint density at radius 3 is 2.54 bits per heavy atom. The van der Waals surface area contributed by atoms with Gasteiger partial charge in [-0.3, -0.25) is 9.69 Å². The second kappa shape index (κ2) is 7.79. The van der Waals surface area contributed by atoms with Crippen molar-refractivity contribution in [3.05, 3.63) is 24.3 Å². The monoisotopic (exact) mass is 352 g/mol. The van der Waals surface area contributed by atoms with E-state index < -0.39 is 17.7 Å². The Bertz CT molecular complexity index is 583. The normalized spacial score (nSPS) is 17.5. The van der Waals surface area contributed by atoms with E-state index >= 15 is 0 Å². The molecule has 0 unspecified atom stereocenters. The first-order chi connectivity index (χ1) is 11.3. The van der Waals surface area contributed by atoms with Gasteiger partial charge in [-0.25, -0.2) is 4.79 Å². The van der Waals surface area contributed by atoms with E-state index in [1.807, 2.05) is 27.7 Å². The first kappa shape index (κ1) is 18.4. The third-order valence-corrected chi connectivity index (χ3v) is 4.26. The van der Waals surface area contributed by atoms with Crippen molar-refractivity contribution in [3.8, 4) is 5.75 Å². The smallest absolute Gasteiger partial charge is 0.411 e. The fourth-order valence-corrected chi connectivity index (χ4v) is 3.33. The number of carbonyl (C=O) groups is 2. The number of nitrogens with zero attached hydrogens (tertiary/aromatic N) is 1. The van der Waals surface area contributed by atoms with E-state index in [0.717, 1.165) is 5.75 Å². The highest BCUT2D eigenvalue weighted by Crippen LogP contribution is 2.25. The zero-order valence-corrected chi connectivity index (χ0v) is 15.3. The van der Waals surface area contributed by atoms with Crippen molar-refractivity contribution >= 4 is 29.4 Å². The Labute approximate surface area is 146 Å². The van der Waals surface area contributed by atoms with Gasteiger partial charge in [0.1, 0.15) is 17.4 Å². The maximum absolute atomic E-state index is 12.5. The van der Waals surface area contributed by atoms with Crippen LogP contribution in [0.1, 0.15) is 27.7 Å². The summed E-state index contributed by atoms with van der Waals surface area (Å²) in [4.78, 5) is 26.2. The van der Waals surface area contributed by atoms with Crippen molar-refractivity contribution in [1.82, 2.24) is 4.90 Å². The molecular weight excluding hydrogens is 328 g/mol. The summed E-state index contributed by atoms with van der Waals surface area (Å²) in [7, 11) is 0. The van der Waals surface area contributed by atoms with E-state index in [0.29, 0.717) is 23.9 Å². The van der Waals surface area contributed by atoms with Crippen molar-refractivity contribution in [2.24, 2.45) is 0 Å². The number of thioether (sulfide) groups is 1. The van der Waals surface area contributed by atoms with E-state index in [-0.39, 0.29) is 5.91 Å². The Morgan fingerprint density at radius 1 is 1.29 bits per heavy atom. The fourth-order valence-electron chi connectivity index (χ4n) is 2.19. The molecule has 1 saturated heterocycles. The van der Waals surface area contributed by atoms with E-state index in [4.69, 9.17) is 9.47 Å². The Hall–Kier alpha value is -1.89. The summed E-state index contributed by atoms with van der Waals surface area (Å²) in [5.41, 5.74) is 0.0880. The SMILES string of the molecule is CCOc1ccc(NC(=O)[C@@H]2CSCN2C(=O)OC(C)(C)C)cc1. The lowest BCUT2D eigenvalue weighted by Crippen LogP contribution is -2.46. The van der Waals surface area contributed by atoms with Crippen molar-refractivity contribution in [2.45, 2.75) is 39.3 Å². The first-order valence-electron chi connectivity index (χ1n) is 7.91. The summed E-state index contributed by atoms with van der Waals surface area (Å²) in [6, 6.07) is 6.63. The summed E-state index contributed by atoms with van der Waals surface area (Å²) in [6.45, 7) is 7.93. The standard InChI is InChI=1S/C17H24N2O4S/c1-5-22-13-8-6-12(7-9-13)18-15(20)14-10-24-11-19(14)16(21)23-17(2,3)4/h6-9,14H,5,10-11H2,1-4H3,(H,18,20)/t14-/m0/s1. The minimum Gasteiger partial charge on any atom is -0.494 e. The number of benzene rings is 1. The highest BCUT2D eigenvalue weighted by molar-refractivity contribution is 7.99. The third-order valence-electron chi connectivity index (χ3n) is 3.25. The van der Waals surface area contributed by atoms with Gasteiger partial charge >= 0.3 is 6.09 Å². The minimum absolute atomic E-state index is 0.213. The number of rotatable bonds is 4. The lowest BCUT2D eigenvalue weighted by molar-refractivity contribution is -0.120. The number of ether oxygens (including phenoxy) is 2. The van der Waals surface area contributed by atoms with Gasteiger partial charge in [-0.1, -0.05) is 0 Å². The van der Waals surface area contributed by atoms with Crippen molar-refractivity contribution in [2.75, 3.05) is 23.6 Å². The molecule has 1 aromatic rings. The molecule has 1 atom stereocenters. The first-order valence-corrected chi connectivity index (χ1v) is 9.06. The fraction of sp³-hybridized carbons (Fsp3) is 0.529. The quantitative estimate of drug-likeness (QED) is 0.900. The molecule has 1 aliphatic rings. The van der Waals surface area contributed by atoms with E-state index in [2.05, 4.69) is 5.32 Å². The average molecular weight is 352 g/mol. The summed E-state index contributed by atoms with van der Waals surface area (Å²) < 4.78 is 10.7. The molecule has 1 aliphatic heterocycles. The van der Waals surface area contributed by atoms with Crippen LogP contribution in [0.15, 0.2) is 24.3 Å². The van der Waals surface area contributed by atoms with Gasteiger partial charge in [-0.15, -0.1) is 11.8 Å². The summed E-state index contributed by atoms with van der Waals surface area (Å²) in [6.07, 6.45) is -0.459. The van der Waals surface area contributed by atoms with E-state index in [1.165, 1.54) is 16.7 Å². The van der Waals surface area contributed by atoms with Crippen LogP contribution in [0.25, 0.3) is 0 Å². The molecule has 2 amide bonds. The molecule has 1 fully saturated rings. The van der Waals surface area contributed by atoms with Gasteiger partial charge < -0.3 is 14.8 Å². The van der Waals surface area contributed by atoms with E-state index in [1.54, 1.807) is 24.3 Å². The van der Waals surface area contributed by atoms with Crippen molar-refractivity contribution in [1.29, 1.82) is 0 Å². The molecular formula is C17H24N2O4S. The van der Waals surface area contributed by atoms with Gasteiger partial charge in [0.2, 0.25) is 5.91 Å². The molecule has 1 N–H and O–H groups in total. The van der Waals surface area contributed by atoms with Crippen LogP contribution in [0.2, 0.25) is 0 Å². The molecule has 0 radical (unpaired) electrons. The third kappa shape index (κ3) is 5.06. The Balaban J connectivity index is 1.98. The summed E-state index contributed by atoms with van der Waals surface area (Å²) in [5.74, 6) is 1.55. The molecule has 132 valence electrons. The number of amides is 2. The van der Waals surface area contributed by atoms with Crippen molar-refractivity contribution < 1.29 is 19.1 Å². The van der Waals surface area contributed by atoms with Crippen LogP contribution in [0.5, 0.6) is 5.75 Å². The highest BCUT2D eigenvalue weighted by atomic mass is 32.2. The Morgan fingerprint density at radius 2 is 1.96 bits per heavy atom. The molecule has 1 heterocycles. The summed E-state index contributed by atoms with van der Waals surface area (Å²) >= 11 is 1.54. The molecule has 1 aromatic carbocycles. The molecule has 0 spiro atoms. The van der Waals surface area contributed by atoms with Gasteiger partial charge in [0.15, 0.2) is 0 Å². The van der Waals surface area contributed by atoms with Crippen LogP contribution in [-0.2, 0) is 9.53 Å². The maximum atomic E-state index is 12.5. The lowest BCUT2D eigenvalue weighted by atomic mass is 10.2. The number of anilines is 1. The predicted molar refractivity (Wildman–Crippen MR) is 95.4 cm³/mol. The van der Waals surface area contributed by atoms with Gasteiger partial charge in [-0.2, -0.15) is 0 Å². The zero-order valence-electron chi connectivity index (χ0n) is 14.5. The predicted octanol–water partition coefficient (Wildman–Crippen LogP) is 3.33. The highest BCUT2D eigenvalue weighted by Gasteiger charge is 2.37. The number of hydrogen-bond donors (Lipinski definition) is 1. The maximum Gasteiger partial charge on any atom is 0.411 e. The van der Waals surface area contributed by atoms with Gasteiger partial charge in [-0.05, 0) is 52.0 Å². The molecule has 24 heavy (non-hydrogen) atoms. The van der Waals surface area contributed by atoms with Crippen LogP contribution in [0.4, 0.5) is 10.5 Å². The second-order valence-electron chi connectivity index (χ2n) is 6.41. The molecule has 0 bridgehead atoms. The minimum atomic E-state index is -0.583. The number of nitrogens with one attached hydrogen (secondary N) is 1. The number of carbonyl (C=O) groups excluding carboxylic acids is 2. The van der Waals surface area contributed by atoms with Gasteiger partial charge in [0, 0.05) is 11.4 Å². The van der Waals surface area contributed by atoms with Gasteiger partial charge in [0.05, 0.1) is 12.5 Å².